The van der Waals surface area contributed by atoms with Crippen LogP contribution in [0.5, 0.6) is 0 Å². The van der Waals surface area contributed by atoms with Crippen LogP contribution in [0.1, 0.15) is 217 Å². The van der Waals surface area contributed by atoms with Gasteiger partial charge >= 0.3 is 0 Å². The highest BCUT2D eigenvalue weighted by Crippen LogP contribution is 2.38. The number of piperidine rings is 7. The maximum atomic E-state index is 12.8. The SMILES string of the molecule is C=C1CCC(N2Cc3cc(N4CCN(C)CC4)ccc3C2=O)C(=O)N1.CC.CC.CC1CCN(c2ccc3c(c2)C(=O)N(C2CCC(=O)NC2=O)C3=O)CC1.CC1CCN(c2ccc3c(c2)CN(C2CCC(=O)NC2=O)C3=O)CC1.CN1CCN(c2ccc3c(c2)C(=O)N(C2CCC(=O)NC2=O)C3=O)CC1.Cc1nc2ccccc2c(=O)n1C1CCC(=O)NC1=O. The van der Waals surface area contributed by atoms with Crippen LogP contribution in [-0.4, -0.2) is 244 Å². The predicted molar refractivity (Wildman–Crippen MR) is 471 cm³/mol. The average molecular weight is 1730 g/mol. The number of hydrogen-bond donors (Lipinski definition) is 5. The third kappa shape index (κ3) is 19.6. The second-order valence-corrected chi connectivity index (χ2v) is 33.8. The largest absolute Gasteiger partial charge is 0.372 e. The van der Waals surface area contributed by atoms with Crippen LogP contribution in [0, 0.1) is 18.8 Å². The third-order valence-corrected chi connectivity index (χ3v) is 25.5. The summed E-state index contributed by atoms with van der Waals surface area (Å²) in [5.41, 5.74) is 10.00. The number of aryl methyl sites for hydroxylation is 1. The molecule has 0 saturated carbocycles. The van der Waals surface area contributed by atoms with Crippen LogP contribution in [0.3, 0.4) is 0 Å². The number of amides is 15. The van der Waals surface area contributed by atoms with Crippen LogP contribution < -0.4 is 51.7 Å². The van der Waals surface area contributed by atoms with Crippen molar-refractivity contribution in [1.82, 2.24) is 65.5 Å². The normalized spacial score (nSPS) is 22.8. The minimum atomic E-state index is -0.924. The molecular formula is C93H113N17O16. The van der Waals surface area contributed by atoms with E-state index in [-0.39, 0.29) is 91.3 Å². The van der Waals surface area contributed by atoms with Crippen LogP contribution >= 0.6 is 0 Å². The first-order valence-corrected chi connectivity index (χ1v) is 44.1. The molecule has 14 heterocycles. The molecule has 0 radical (unpaired) electrons. The van der Waals surface area contributed by atoms with Crippen molar-refractivity contribution in [2.45, 2.75) is 182 Å². The van der Waals surface area contributed by atoms with Crippen molar-refractivity contribution in [2.75, 3.05) is 112 Å². The molecule has 19 rings (SSSR count). The zero-order valence-corrected chi connectivity index (χ0v) is 73.2. The summed E-state index contributed by atoms with van der Waals surface area (Å²) in [6.07, 6.45) is 7.80. The first-order valence-electron chi connectivity index (χ1n) is 44.1. The number of anilines is 4. The predicted octanol–water partition coefficient (Wildman–Crippen LogP) is 6.77. The highest BCUT2D eigenvalue weighted by Gasteiger charge is 2.48. The van der Waals surface area contributed by atoms with Crippen molar-refractivity contribution in [1.29, 1.82) is 0 Å². The quantitative estimate of drug-likeness (QED) is 0.0932. The lowest BCUT2D eigenvalue weighted by atomic mass is 9.98. The van der Waals surface area contributed by atoms with E-state index >= 15 is 0 Å². The third-order valence-electron chi connectivity index (χ3n) is 25.5. The van der Waals surface area contributed by atoms with Crippen molar-refractivity contribution < 1.29 is 71.9 Å². The fourth-order valence-corrected chi connectivity index (χ4v) is 18.1. The summed E-state index contributed by atoms with van der Waals surface area (Å²) < 4.78 is 1.38. The Morgan fingerprint density at radius 2 is 0.667 bits per heavy atom. The Hall–Kier alpha value is -12.7. The number of rotatable bonds is 9. The van der Waals surface area contributed by atoms with Gasteiger partial charge in [-0.15, -0.1) is 0 Å². The lowest BCUT2D eigenvalue weighted by Crippen LogP contribution is -2.54. The van der Waals surface area contributed by atoms with E-state index in [9.17, 15) is 76.7 Å². The number of hydrogen-bond acceptors (Lipinski definition) is 23. The average Bonchev–Trinajstić information content (AvgIpc) is 1.66. The van der Waals surface area contributed by atoms with Gasteiger partial charge in [0.1, 0.15) is 36.0 Å². The summed E-state index contributed by atoms with van der Waals surface area (Å²) in [6.45, 7) is 30.6. The smallest absolute Gasteiger partial charge is 0.262 e. The summed E-state index contributed by atoms with van der Waals surface area (Å²) in [7, 11) is 4.21. The standard InChI is InChI=1S/C19H24N4O2.C19H21N3O4.C19H23N3O3.C18H20N4O4.C14H13N3O3.2C2H6/c1-13-3-6-17(18(24)20-13)23-12-14-11-15(4-5-16(14)19(23)25)22-9-7-21(2)8-10-22;1-11-6-8-21(9-7-11)12-2-3-13-14(10-12)19(26)22(18(13)25)15-4-5-16(23)20-17(15)24;1-12-6-8-21(9-7-12)14-2-3-15-13(10-14)11-22(19(15)25)16-4-5-17(23)20-18(16)24;1-20-6-8-21(9-7-20)11-2-3-12-13(10-11)18(26)22(17(12)25)14-4-5-15(23)19-16(14)24;1-8-15-10-5-3-2-4-9(10)14(20)17(8)11-6-7-12(18)16-13(11)19;2*1-2/h4-5,11,17H,1,3,6-10,12H2,2H3,(H,20,24);2-3,10-11,15H,4-9H2,1H3,(H,20,23,24);2-3,10,12,16H,4-9,11H2,1H3,(H,20,23,24);2-3,10,14H,4-9H2,1H3,(H,19,23,24);2-5,11H,6-7H2,1H3,(H,16,18,19);2*1-2H3. The number of likely N-dealkylation sites (N-methyl/N-ethyl adjacent to an activating group) is 2. The van der Waals surface area contributed by atoms with Gasteiger partial charge in [0.15, 0.2) is 0 Å². The Kier molecular flexibility index (Phi) is 28.7. The second kappa shape index (κ2) is 39.7. The van der Waals surface area contributed by atoms with E-state index in [1.54, 1.807) is 59.2 Å². The minimum Gasteiger partial charge on any atom is -0.372 e. The molecule has 13 aliphatic heterocycles. The van der Waals surface area contributed by atoms with Crippen molar-refractivity contribution in [3.05, 3.63) is 170 Å². The van der Waals surface area contributed by atoms with Gasteiger partial charge in [-0.1, -0.05) is 60.3 Å². The summed E-state index contributed by atoms with van der Waals surface area (Å²) in [5, 5.41) is 12.3. The van der Waals surface area contributed by atoms with Gasteiger partial charge in [0.2, 0.25) is 53.2 Å². The van der Waals surface area contributed by atoms with Crippen LogP contribution in [0.4, 0.5) is 22.7 Å². The van der Waals surface area contributed by atoms with E-state index in [2.05, 4.69) is 108 Å². The zero-order chi connectivity index (χ0) is 90.2. The lowest BCUT2D eigenvalue weighted by molar-refractivity contribution is -0.138. The van der Waals surface area contributed by atoms with Crippen LogP contribution in [-0.2, 0) is 56.2 Å². The Balaban J connectivity index is 0.000000134. The van der Waals surface area contributed by atoms with Crippen LogP contribution in [0.25, 0.3) is 10.9 Å². The van der Waals surface area contributed by atoms with Crippen molar-refractivity contribution in [3.8, 4) is 0 Å². The summed E-state index contributed by atoms with van der Waals surface area (Å²) in [5.74, 6) is -3.42. The Bertz CT molecular complexity index is 5140. The molecule has 0 bridgehead atoms. The number of carbonyl (C=O) groups excluding carboxylic acids is 15. The monoisotopic (exact) mass is 1720 g/mol. The molecule has 33 nitrogen and oxygen atoms in total. The molecule has 13 aliphatic rings. The topological polar surface area (TPSA) is 383 Å². The van der Waals surface area contributed by atoms with Gasteiger partial charge in [-0.05, 0) is 193 Å². The van der Waals surface area contributed by atoms with Crippen LogP contribution in [0.2, 0.25) is 0 Å². The number of benzene rings is 5. The Morgan fingerprint density at radius 1 is 0.341 bits per heavy atom. The maximum Gasteiger partial charge on any atom is 0.262 e. The van der Waals surface area contributed by atoms with Gasteiger partial charge in [-0.3, -0.25) is 112 Å². The van der Waals surface area contributed by atoms with E-state index in [4.69, 9.17) is 0 Å². The maximum absolute atomic E-state index is 12.8. The van der Waals surface area contributed by atoms with Crippen molar-refractivity contribution >= 4 is 122 Å². The molecule has 33 heteroatoms. The van der Waals surface area contributed by atoms with E-state index in [1.165, 1.54) is 23.1 Å². The van der Waals surface area contributed by atoms with E-state index in [0.717, 1.165) is 153 Å². The number of carbonyl (C=O) groups is 15. The molecule has 666 valence electrons. The number of para-hydroxylation sites is 1. The minimum absolute atomic E-state index is 0.0346. The zero-order valence-electron chi connectivity index (χ0n) is 73.2. The Morgan fingerprint density at radius 3 is 1.05 bits per heavy atom. The summed E-state index contributed by atoms with van der Waals surface area (Å²) in [4.78, 5) is 218. The number of imide groups is 6. The highest BCUT2D eigenvalue weighted by molar-refractivity contribution is 6.25. The number of piperazine rings is 2. The second-order valence-electron chi connectivity index (χ2n) is 33.8. The Labute approximate surface area is 731 Å². The lowest BCUT2D eigenvalue weighted by Gasteiger charge is -2.34. The first-order chi connectivity index (χ1) is 60.5. The van der Waals surface area contributed by atoms with Gasteiger partial charge in [-0.25, -0.2) is 4.98 Å². The van der Waals surface area contributed by atoms with E-state index in [0.29, 0.717) is 82.8 Å². The molecule has 9 fully saturated rings. The van der Waals surface area contributed by atoms with Gasteiger partial charge in [0.25, 0.3) is 41.0 Å². The fourth-order valence-electron chi connectivity index (χ4n) is 18.1. The van der Waals surface area contributed by atoms with Crippen molar-refractivity contribution in [2.24, 2.45) is 11.8 Å². The van der Waals surface area contributed by atoms with Gasteiger partial charge < -0.3 is 44.5 Å². The van der Waals surface area contributed by atoms with E-state index in [1.807, 2.05) is 70.2 Å². The fraction of sp³-hybridized carbons (Fsp3) is 0.473. The molecule has 5 N–H and O–H groups in total. The first kappa shape index (κ1) is 91.1. The van der Waals surface area contributed by atoms with Gasteiger partial charge in [0.05, 0.1) is 33.2 Å². The summed E-state index contributed by atoms with van der Waals surface area (Å²) in [6, 6.07) is 26.2. The van der Waals surface area contributed by atoms with E-state index < -0.39 is 71.6 Å². The molecule has 0 aliphatic carbocycles. The number of allylic oxidation sites excluding steroid dienone is 1. The van der Waals surface area contributed by atoms with Crippen molar-refractivity contribution in [3.63, 3.8) is 0 Å². The van der Waals surface area contributed by atoms with Gasteiger partial charge in [-0.2, -0.15) is 0 Å². The molecule has 9 saturated heterocycles. The van der Waals surface area contributed by atoms with Gasteiger partial charge in [0, 0.05) is 157 Å². The molecule has 5 unspecified atom stereocenters. The molecule has 15 amide bonds. The molecule has 5 aromatic carbocycles. The van der Waals surface area contributed by atoms with Crippen LogP contribution in [0.15, 0.2) is 114 Å². The summed E-state index contributed by atoms with van der Waals surface area (Å²) >= 11 is 0. The molecule has 5 atom stereocenters. The molecule has 126 heavy (non-hydrogen) atoms. The number of nitrogens with zero attached hydrogens (tertiary/aromatic N) is 12. The molecule has 1 aromatic heterocycles. The number of nitrogens with one attached hydrogen (secondary N) is 5. The number of fused-ring (bicyclic) bond motifs is 5. The number of aromatic nitrogens is 2. The highest BCUT2D eigenvalue weighted by atomic mass is 16.2. The molecule has 0 spiro atoms. The molecule has 6 aromatic rings. The molecular weight excluding hydrogens is 1610 g/mol.